The van der Waals surface area contributed by atoms with Crippen LogP contribution in [0.25, 0.3) is 0 Å². The summed E-state index contributed by atoms with van der Waals surface area (Å²) in [4.78, 5) is 0. The molecule has 0 radical (unpaired) electrons. The van der Waals surface area contributed by atoms with Gasteiger partial charge >= 0.3 is 0 Å². The zero-order chi connectivity index (χ0) is 17.8. The fraction of sp³-hybridized carbons (Fsp3) is 0.455. The van der Waals surface area contributed by atoms with Gasteiger partial charge in [-0.05, 0) is 73.8 Å². The zero-order valence-electron chi connectivity index (χ0n) is 14.9. The van der Waals surface area contributed by atoms with Crippen LogP contribution in [0.15, 0.2) is 51.0 Å². The lowest BCUT2D eigenvalue weighted by Crippen LogP contribution is -2.41. The van der Waals surface area contributed by atoms with Gasteiger partial charge in [-0.2, -0.15) is 0 Å². The van der Waals surface area contributed by atoms with Crippen molar-refractivity contribution in [2.45, 2.75) is 44.4 Å². The Morgan fingerprint density at radius 2 is 2.00 bits per heavy atom. The third-order valence-corrected chi connectivity index (χ3v) is 8.26. The fourth-order valence-electron chi connectivity index (χ4n) is 5.93. The number of rotatable bonds is 3. The van der Waals surface area contributed by atoms with Crippen LogP contribution in [0.3, 0.4) is 0 Å². The summed E-state index contributed by atoms with van der Waals surface area (Å²) in [6.45, 7) is 6.23. The smallest absolute Gasteiger partial charge is 0.123 e. The maximum atomic E-state index is 5.87. The molecule has 1 spiro atoms. The first-order chi connectivity index (χ1) is 12.1. The van der Waals surface area contributed by atoms with Crippen molar-refractivity contribution in [1.29, 1.82) is 0 Å². The molecule has 0 heterocycles. The highest BCUT2D eigenvalue weighted by Crippen LogP contribution is 2.66. The highest BCUT2D eigenvalue weighted by Gasteiger charge is 2.59. The van der Waals surface area contributed by atoms with E-state index >= 15 is 0 Å². The van der Waals surface area contributed by atoms with Crippen molar-refractivity contribution in [2.75, 3.05) is 7.11 Å². The predicted molar refractivity (Wildman–Crippen MR) is 111 cm³/mol. The Labute approximate surface area is 167 Å². The van der Waals surface area contributed by atoms with E-state index in [4.69, 9.17) is 4.74 Å². The number of hydrogen-bond donors (Lipinski definition) is 0. The highest BCUT2D eigenvalue weighted by atomic mass is 79.9. The maximum absolute atomic E-state index is 5.87. The number of fused-ring (bicyclic) bond motifs is 1. The fourth-order valence-corrected chi connectivity index (χ4v) is 7.07. The lowest BCUT2D eigenvalue weighted by Gasteiger charge is -2.44. The second kappa shape index (κ2) is 6.42. The van der Waals surface area contributed by atoms with Crippen LogP contribution < -0.4 is 4.74 Å². The number of methoxy groups -OCH3 is 1. The largest absolute Gasteiger partial charge is 0.496 e. The van der Waals surface area contributed by atoms with Gasteiger partial charge in [0, 0.05) is 19.9 Å². The first kappa shape index (κ1) is 17.6. The third-order valence-electron chi connectivity index (χ3n) is 6.77. The van der Waals surface area contributed by atoms with Crippen LogP contribution in [-0.2, 0) is 11.8 Å². The summed E-state index contributed by atoms with van der Waals surface area (Å²) >= 11 is 7.64. The lowest BCUT2D eigenvalue weighted by molar-refractivity contribution is 0.168. The van der Waals surface area contributed by atoms with Gasteiger partial charge in [-0.15, -0.1) is 0 Å². The van der Waals surface area contributed by atoms with Gasteiger partial charge in [-0.25, -0.2) is 0 Å². The zero-order valence-corrected chi connectivity index (χ0v) is 18.0. The van der Waals surface area contributed by atoms with Crippen LogP contribution in [-0.4, -0.2) is 7.11 Å². The molecule has 1 nitrogen and oxygen atoms in total. The summed E-state index contributed by atoms with van der Waals surface area (Å²) in [7, 11) is 1.81. The Hall–Kier alpha value is -0.800. The molecule has 1 aromatic carbocycles. The van der Waals surface area contributed by atoms with E-state index in [0.29, 0.717) is 11.8 Å². The van der Waals surface area contributed by atoms with Crippen LogP contribution >= 0.6 is 31.9 Å². The van der Waals surface area contributed by atoms with Crippen molar-refractivity contribution in [2.24, 2.45) is 11.8 Å². The Morgan fingerprint density at radius 1 is 1.28 bits per heavy atom. The number of benzene rings is 1. The molecule has 0 saturated heterocycles. The molecular weight excluding hydrogens is 440 g/mol. The van der Waals surface area contributed by atoms with Gasteiger partial charge in [0.15, 0.2) is 0 Å². The van der Waals surface area contributed by atoms with Gasteiger partial charge in [-0.3, -0.25) is 0 Å². The van der Waals surface area contributed by atoms with Crippen molar-refractivity contribution in [3.63, 3.8) is 0 Å². The minimum absolute atomic E-state index is 0.145. The Bertz CT molecular complexity index is 804. The SMILES string of the molecule is C=C/C=C(/Br)C1=C(C)[C@@]23c4c(OC)ccc(Br)c4C[C@@H]2CCC[C@H]3C1. The molecule has 0 N–H and O–H groups in total. The van der Waals surface area contributed by atoms with E-state index in [1.54, 1.807) is 5.57 Å². The monoisotopic (exact) mass is 462 g/mol. The number of allylic oxidation sites excluding steroid dienone is 5. The molecule has 3 atom stereocenters. The Balaban J connectivity index is 2.01. The first-order valence-electron chi connectivity index (χ1n) is 9.10. The molecule has 3 aliphatic carbocycles. The van der Waals surface area contributed by atoms with E-state index < -0.39 is 0 Å². The molecule has 1 saturated carbocycles. The number of ether oxygens (including phenoxy) is 1. The Morgan fingerprint density at radius 3 is 2.68 bits per heavy atom. The summed E-state index contributed by atoms with van der Waals surface area (Å²) in [6.07, 6.45) is 10.2. The summed E-state index contributed by atoms with van der Waals surface area (Å²) in [5, 5.41) is 0. The molecule has 0 aliphatic heterocycles. The molecule has 3 aliphatic rings. The van der Waals surface area contributed by atoms with Gasteiger partial charge < -0.3 is 4.74 Å². The van der Waals surface area contributed by atoms with Crippen LogP contribution in [0.2, 0.25) is 0 Å². The van der Waals surface area contributed by atoms with Gasteiger partial charge in [0.25, 0.3) is 0 Å². The van der Waals surface area contributed by atoms with Gasteiger partial charge in [0.1, 0.15) is 5.75 Å². The molecule has 3 heteroatoms. The minimum Gasteiger partial charge on any atom is -0.496 e. The van der Waals surface area contributed by atoms with Crippen molar-refractivity contribution >= 4 is 31.9 Å². The second-order valence-corrected chi connectivity index (χ2v) is 9.27. The van der Waals surface area contributed by atoms with Crippen LogP contribution in [0.5, 0.6) is 5.75 Å². The summed E-state index contributed by atoms with van der Waals surface area (Å²) < 4.78 is 8.31. The van der Waals surface area contributed by atoms with Crippen LogP contribution in [0, 0.1) is 11.8 Å². The van der Waals surface area contributed by atoms with Crippen LogP contribution in [0.1, 0.15) is 43.7 Å². The molecule has 1 aromatic rings. The number of halogens is 2. The van der Waals surface area contributed by atoms with Gasteiger partial charge in [0.2, 0.25) is 0 Å². The van der Waals surface area contributed by atoms with Crippen molar-refractivity contribution in [3.05, 3.63) is 62.1 Å². The standard InChI is InChI=1S/C22H24Br2O/c1-4-6-18(23)16-11-14-7-5-8-15-12-17-19(24)9-10-20(25-3)21(17)22(14,15)13(16)2/h4,6,9-10,14-15H,1,5,7-8,11-12H2,2-3H3/b18-6+/t14-,15-,22-/m0/s1. The van der Waals surface area contributed by atoms with Crippen molar-refractivity contribution in [3.8, 4) is 5.75 Å². The molecule has 132 valence electrons. The molecule has 1 fully saturated rings. The molecular formula is C22H24Br2O. The lowest BCUT2D eigenvalue weighted by atomic mass is 9.59. The van der Waals surface area contributed by atoms with Gasteiger partial charge in [0.05, 0.1) is 7.11 Å². The highest BCUT2D eigenvalue weighted by molar-refractivity contribution is 9.12. The predicted octanol–water partition coefficient (Wildman–Crippen LogP) is 6.85. The second-order valence-electron chi connectivity index (χ2n) is 7.56. The summed E-state index contributed by atoms with van der Waals surface area (Å²) in [5.74, 6) is 2.43. The Kier molecular flexibility index (Phi) is 4.52. The van der Waals surface area contributed by atoms with E-state index in [-0.39, 0.29) is 5.41 Å². The molecule has 4 rings (SSSR count). The maximum Gasteiger partial charge on any atom is 0.123 e. The molecule has 0 aromatic heterocycles. The van der Waals surface area contributed by atoms with Crippen LogP contribution in [0.4, 0.5) is 0 Å². The van der Waals surface area contributed by atoms with E-state index in [2.05, 4.69) is 63.6 Å². The summed E-state index contributed by atoms with van der Waals surface area (Å²) in [5.41, 5.74) is 6.10. The van der Waals surface area contributed by atoms with Crippen molar-refractivity contribution in [1.82, 2.24) is 0 Å². The van der Waals surface area contributed by atoms with Gasteiger partial charge in [-0.1, -0.05) is 56.5 Å². The van der Waals surface area contributed by atoms with E-state index in [1.165, 1.54) is 44.9 Å². The van der Waals surface area contributed by atoms with E-state index in [1.807, 2.05) is 13.2 Å². The molecule has 0 amide bonds. The molecule has 25 heavy (non-hydrogen) atoms. The quantitative estimate of drug-likeness (QED) is 0.445. The third kappa shape index (κ3) is 2.31. The average molecular weight is 464 g/mol. The first-order valence-corrected chi connectivity index (χ1v) is 10.7. The topological polar surface area (TPSA) is 9.23 Å². The van der Waals surface area contributed by atoms with E-state index in [9.17, 15) is 0 Å². The molecule has 0 unspecified atom stereocenters. The number of hydrogen-bond acceptors (Lipinski definition) is 1. The van der Waals surface area contributed by atoms with E-state index in [0.717, 1.165) is 18.6 Å². The average Bonchev–Trinajstić information content (AvgIpc) is 3.11. The normalized spacial score (nSPS) is 30.8. The molecule has 0 bridgehead atoms. The summed E-state index contributed by atoms with van der Waals surface area (Å²) in [6, 6.07) is 4.30. The van der Waals surface area contributed by atoms with Crippen molar-refractivity contribution < 1.29 is 4.74 Å². The minimum atomic E-state index is 0.145.